The highest BCUT2D eigenvalue weighted by Crippen LogP contribution is 2.42. The maximum Gasteiger partial charge on any atom is 0.226 e. The number of nitrogens with zero attached hydrogens (tertiary/aromatic N) is 4. The predicted molar refractivity (Wildman–Crippen MR) is 110 cm³/mol. The molecule has 29 heavy (non-hydrogen) atoms. The molecule has 0 N–H and O–H groups in total. The summed E-state index contributed by atoms with van der Waals surface area (Å²) >= 11 is 0. The highest BCUT2D eigenvalue weighted by Gasteiger charge is 2.51. The van der Waals surface area contributed by atoms with E-state index < -0.39 is 0 Å². The molecule has 3 heterocycles. The first-order valence-electron chi connectivity index (χ1n) is 10.5. The van der Waals surface area contributed by atoms with Crippen LogP contribution in [-0.2, 0) is 22.6 Å². The summed E-state index contributed by atoms with van der Waals surface area (Å²) in [5.74, 6) is 1.03. The van der Waals surface area contributed by atoms with Crippen LogP contribution in [0.1, 0.15) is 17.5 Å². The van der Waals surface area contributed by atoms with Crippen LogP contribution < -0.4 is 4.90 Å². The van der Waals surface area contributed by atoms with Crippen LogP contribution in [0.2, 0.25) is 0 Å². The molecule has 1 aromatic heterocycles. The molecule has 1 aromatic carbocycles. The fraction of sp³-hybridized carbons (Fsp3) is 0.435. The summed E-state index contributed by atoms with van der Waals surface area (Å²) in [6, 6.07) is 14.2. The van der Waals surface area contributed by atoms with E-state index in [-0.39, 0.29) is 23.7 Å². The number of pyridine rings is 1. The summed E-state index contributed by atoms with van der Waals surface area (Å²) in [4.78, 5) is 36.3. The van der Waals surface area contributed by atoms with Gasteiger partial charge in [0.2, 0.25) is 11.8 Å². The zero-order valence-electron chi connectivity index (χ0n) is 16.5. The summed E-state index contributed by atoms with van der Waals surface area (Å²) < 4.78 is 0. The Morgan fingerprint density at radius 3 is 2.21 bits per heavy atom. The summed E-state index contributed by atoms with van der Waals surface area (Å²) in [7, 11) is 0. The third-order valence-corrected chi connectivity index (χ3v) is 6.43. The van der Waals surface area contributed by atoms with Crippen LogP contribution in [0.15, 0.2) is 48.7 Å². The molecule has 150 valence electrons. The van der Waals surface area contributed by atoms with Gasteiger partial charge in [-0.05, 0) is 36.1 Å². The van der Waals surface area contributed by atoms with Crippen LogP contribution in [0.3, 0.4) is 0 Å². The highest BCUT2D eigenvalue weighted by molar-refractivity contribution is 5.92. The first-order valence-corrected chi connectivity index (χ1v) is 10.5. The fourth-order valence-corrected chi connectivity index (χ4v) is 4.59. The summed E-state index contributed by atoms with van der Waals surface area (Å²) in [5.41, 5.74) is 2.58. The largest absolute Gasteiger partial charge is 0.353 e. The Morgan fingerprint density at radius 2 is 1.48 bits per heavy atom. The number of carbonyl (C=O) groups excluding carboxylic acids is 2. The number of hydrogen-bond donors (Lipinski definition) is 0. The lowest BCUT2D eigenvalue weighted by atomic mass is 9.99. The minimum absolute atomic E-state index is 0.124. The molecule has 1 aliphatic carbocycles. The van der Waals surface area contributed by atoms with Crippen LogP contribution >= 0.6 is 0 Å². The van der Waals surface area contributed by atoms with Gasteiger partial charge >= 0.3 is 0 Å². The van der Waals surface area contributed by atoms with E-state index in [1.54, 1.807) is 6.20 Å². The third-order valence-electron chi connectivity index (χ3n) is 6.43. The molecule has 0 spiro atoms. The number of rotatable bonds is 3. The van der Waals surface area contributed by atoms with E-state index in [9.17, 15) is 9.59 Å². The lowest BCUT2D eigenvalue weighted by Gasteiger charge is -2.35. The molecule has 3 aliphatic rings. The molecule has 5 rings (SSSR count). The fourth-order valence-electron chi connectivity index (χ4n) is 4.59. The minimum atomic E-state index is -0.124. The van der Waals surface area contributed by atoms with Gasteiger partial charge in [0.05, 0.1) is 11.8 Å². The number of amides is 2. The highest BCUT2D eigenvalue weighted by atomic mass is 16.2. The lowest BCUT2D eigenvalue weighted by molar-refractivity contribution is -0.138. The molecule has 1 saturated heterocycles. The van der Waals surface area contributed by atoms with Gasteiger partial charge in [0, 0.05) is 45.5 Å². The number of carbonyl (C=O) groups is 2. The summed E-state index contributed by atoms with van der Waals surface area (Å²) in [6.07, 6.45) is 3.41. The number of hydrogen-bond acceptors (Lipinski definition) is 4. The zero-order chi connectivity index (χ0) is 19.8. The van der Waals surface area contributed by atoms with E-state index in [2.05, 4.69) is 28.1 Å². The van der Waals surface area contributed by atoms with E-state index in [1.807, 2.05) is 34.1 Å². The molecule has 2 fully saturated rings. The Hall–Kier alpha value is -2.89. The standard InChI is InChI=1S/C23H26N4O2/c28-22(26-13-11-25(12-14-26)21-7-3-4-9-24-21)19-15-20(19)23(29)27-10-8-17-5-1-2-6-18(17)16-27/h1-7,9,19-20H,8,10-16H2. The van der Waals surface area contributed by atoms with Gasteiger partial charge in [-0.15, -0.1) is 0 Å². The minimum Gasteiger partial charge on any atom is -0.353 e. The second kappa shape index (κ2) is 7.50. The average Bonchev–Trinajstić information content (AvgIpc) is 3.59. The number of aromatic nitrogens is 1. The SMILES string of the molecule is O=C(C1CC1C(=O)N1CCc2ccccc2C1)N1CCN(c2ccccn2)CC1. The van der Waals surface area contributed by atoms with Crippen LogP contribution in [0.5, 0.6) is 0 Å². The molecular formula is C23H26N4O2. The quantitative estimate of drug-likeness (QED) is 0.804. The number of fused-ring (bicyclic) bond motifs is 1. The van der Waals surface area contributed by atoms with Crippen molar-refractivity contribution < 1.29 is 9.59 Å². The maximum absolute atomic E-state index is 12.9. The van der Waals surface area contributed by atoms with E-state index in [4.69, 9.17) is 0 Å². The molecular weight excluding hydrogens is 364 g/mol. The predicted octanol–water partition coefficient (Wildman–Crippen LogP) is 1.95. The maximum atomic E-state index is 12.9. The smallest absolute Gasteiger partial charge is 0.226 e. The summed E-state index contributed by atoms with van der Waals surface area (Å²) in [6.45, 7) is 4.41. The van der Waals surface area contributed by atoms with Crippen molar-refractivity contribution in [2.75, 3.05) is 37.6 Å². The Morgan fingerprint density at radius 1 is 0.793 bits per heavy atom. The molecule has 1 saturated carbocycles. The molecule has 2 unspecified atom stereocenters. The van der Waals surface area contributed by atoms with Crippen molar-refractivity contribution in [1.82, 2.24) is 14.8 Å². The van der Waals surface area contributed by atoms with Crippen LogP contribution in [0.4, 0.5) is 5.82 Å². The van der Waals surface area contributed by atoms with E-state index >= 15 is 0 Å². The summed E-state index contributed by atoms with van der Waals surface area (Å²) in [5, 5.41) is 0. The average molecular weight is 390 g/mol. The van der Waals surface area contributed by atoms with Crippen molar-refractivity contribution >= 4 is 17.6 Å². The number of piperazine rings is 1. The number of benzene rings is 1. The molecule has 2 atom stereocenters. The van der Waals surface area contributed by atoms with Gasteiger partial charge < -0.3 is 14.7 Å². The molecule has 6 heteroatoms. The van der Waals surface area contributed by atoms with Gasteiger partial charge in [0.15, 0.2) is 0 Å². The van der Waals surface area contributed by atoms with E-state index in [0.717, 1.165) is 31.9 Å². The van der Waals surface area contributed by atoms with Crippen molar-refractivity contribution in [1.29, 1.82) is 0 Å². The van der Waals surface area contributed by atoms with Crippen molar-refractivity contribution in [3.05, 3.63) is 59.8 Å². The van der Waals surface area contributed by atoms with E-state index in [0.29, 0.717) is 26.1 Å². The van der Waals surface area contributed by atoms with Crippen LogP contribution in [-0.4, -0.2) is 59.3 Å². The monoisotopic (exact) mass is 390 g/mol. The molecule has 2 aliphatic heterocycles. The first-order chi connectivity index (χ1) is 14.2. The van der Waals surface area contributed by atoms with Gasteiger partial charge in [0.1, 0.15) is 5.82 Å². The normalized spacial score (nSPS) is 23.5. The van der Waals surface area contributed by atoms with Crippen LogP contribution in [0.25, 0.3) is 0 Å². The van der Waals surface area contributed by atoms with Gasteiger partial charge in [-0.2, -0.15) is 0 Å². The van der Waals surface area contributed by atoms with Gasteiger partial charge in [-0.25, -0.2) is 4.98 Å². The zero-order valence-corrected chi connectivity index (χ0v) is 16.5. The topological polar surface area (TPSA) is 56.8 Å². The number of anilines is 1. The van der Waals surface area contributed by atoms with Gasteiger partial charge in [0.25, 0.3) is 0 Å². The van der Waals surface area contributed by atoms with Crippen molar-refractivity contribution in [3.63, 3.8) is 0 Å². The van der Waals surface area contributed by atoms with E-state index in [1.165, 1.54) is 11.1 Å². The molecule has 0 bridgehead atoms. The molecule has 6 nitrogen and oxygen atoms in total. The Labute approximate surface area is 171 Å². The second-order valence-electron chi connectivity index (χ2n) is 8.23. The molecule has 0 radical (unpaired) electrons. The van der Waals surface area contributed by atoms with Crippen LogP contribution in [0, 0.1) is 11.8 Å². The molecule has 2 amide bonds. The van der Waals surface area contributed by atoms with Crippen molar-refractivity contribution in [2.45, 2.75) is 19.4 Å². The third kappa shape index (κ3) is 3.59. The van der Waals surface area contributed by atoms with Crippen molar-refractivity contribution in [3.8, 4) is 0 Å². The Kier molecular flexibility index (Phi) is 4.70. The Bertz CT molecular complexity index is 908. The molecule has 2 aromatic rings. The second-order valence-corrected chi connectivity index (χ2v) is 8.23. The van der Waals surface area contributed by atoms with Gasteiger partial charge in [-0.1, -0.05) is 30.3 Å². The van der Waals surface area contributed by atoms with Gasteiger partial charge in [-0.3, -0.25) is 9.59 Å². The van der Waals surface area contributed by atoms with Crippen molar-refractivity contribution in [2.24, 2.45) is 11.8 Å². The Balaban J connectivity index is 1.15. The first kappa shape index (κ1) is 18.2. The lowest BCUT2D eigenvalue weighted by Crippen LogP contribution is -2.49.